The third kappa shape index (κ3) is 4.95. The Morgan fingerprint density at radius 1 is 1.04 bits per heavy atom. The Labute approximate surface area is 150 Å². The number of benzene rings is 2. The zero-order valence-corrected chi connectivity index (χ0v) is 14.5. The lowest BCUT2D eigenvalue weighted by Gasteiger charge is -2.07. The molecule has 0 aliphatic carbocycles. The third-order valence-electron chi connectivity index (χ3n) is 4.17. The number of aryl methyl sites for hydroxylation is 2. The number of hydrogen-bond donors (Lipinski definition) is 1. The number of fused-ring (bicyclic) bond motifs is 1. The van der Waals surface area contributed by atoms with Crippen molar-refractivity contribution in [1.29, 1.82) is 0 Å². The molecule has 3 rings (SSSR count). The molecule has 0 aliphatic heterocycles. The van der Waals surface area contributed by atoms with Crippen molar-refractivity contribution in [3.05, 3.63) is 64.8 Å². The van der Waals surface area contributed by atoms with Crippen LogP contribution < -0.4 is 4.74 Å². The fourth-order valence-electron chi connectivity index (χ4n) is 2.96. The Hall–Kier alpha value is -2.07. The molecule has 0 aliphatic rings. The van der Waals surface area contributed by atoms with Crippen molar-refractivity contribution in [3.8, 4) is 5.75 Å². The molecule has 2 nitrogen and oxygen atoms in total. The van der Waals surface area contributed by atoms with Crippen molar-refractivity contribution in [2.24, 2.45) is 0 Å². The minimum absolute atomic E-state index is 0.506. The van der Waals surface area contributed by atoms with Crippen molar-refractivity contribution in [2.45, 2.75) is 32.1 Å². The molecule has 5 heteroatoms. The van der Waals surface area contributed by atoms with Crippen molar-refractivity contribution in [1.82, 2.24) is 4.98 Å². The van der Waals surface area contributed by atoms with Crippen LogP contribution in [0.1, 0.15) is 24.0 Å². The largest absolute Gasteiger partial charge is 0.488 e. The molecule has 1 N–H and O–H groups in total. The maximum Gasteiger partial charge on any atom is 0.272 e. The van der Waals surface area contributed by atoms with Crippen LogP contribution in [0.3, 0.4) is 0 Å². The molecule has 1 aromatic heterocycles. The molecule has 2 aromatic carbocycles. The van der Waals surface area contributed by atoms with Crippen LogP contribution in [0.5, 0.6) is 5.75 Å². The van der Waals surface area contributed by atoms with Crippen molar-refractivity contribution < 1.29 is 13.5 Å². The van der Waals surface area contributed by atoms with Crippen molar-refractivity contribution >= 4 is 22.5 Å². The van der Waals surface area contributed by atoms with E-state index < -0.39 is 13.0 Å². The van der Waals surface area contributed by atoms with Crippen LogP contribution in [0.15, 0.2) is 48.7 Å². The maximum atomic E-state index is 12.2. The van der Waals surface area contributed by atoms with Gasteiger partial charge in [-0.25, -0.2) is 8.78 Å². The van der Waals surface area contributed by atoms with Crippen molar-refractivity contribution in [3.63, 3.8) is 0 Å². The van der Waals surface area contributed by atoms with E-state index in [0.29, 0.717) is 5.75 Å². The lowest BCUT2D eigenvalue weighted by Crippen LogP contribution is -2.07. The Morgan fingerprint density at radius 2 is 1.88 bits per heavy atom. The predicted molar refractivity (Wildman–Crippen MR) is 97.9 cm³/mol. The standard InChI is InChI=1S/C20H20ClF2NO/c21-16-8-9-18-15(12-24-19(18)11-16)6-2-1-4-14-5-3-7-17(10-14)25-13-20(22)23/h3,5,7-12,20,24H,1-2,4,6,13H2. The van der Waals surface area contributed by atoms with Gasteiger partial charge in [0.2, 0.25) is 0 Å². The molecule has 0 fully saturated rings. The molecule has 3 aromatic rings. The third-order valence-corrected chi connectivity index (χ3v) is 4.40. The number of H-pyrrole nitrogens is 1. The number of halogens is 3. The molecule has 0 saturated carbocycles. The van der Waals surface area contributed by atoms with Gasteiger partial charge in [-0.2, -0.15) is 0 Å². The summed E-state index contributed by atoms with van der Waals surface area (Å²) in [5, 5.41) is 1.95. The van der Waals surface area contributed by atoms with Crippen molar-refractivity contribution in [2.75, 3.05) is 6.61 Å². The van der Waals surface area contributed by atoms with Gasteiger partial charge in [0.15, 0.2) is 0 Å². The Bertz CT molecular complexity index is 831. The average Bonchev–Trinajstić information content (AvgIpc) is 2.99. The van der Waals surface area contributed by atoms with Crippen LogP contribution in [0.2, 0.25) is 5.02 Å². The first kappa shape index (κ1) is 17.7. The van der Waals surface area contributed by atoms with E-state index in [-0.39, 0.29) is 0 Å². The second-order valence-electron chi connectivity index (χ2n) is 6.06. The number of ether oxygens (including phenoxy) is 1. The Morgan fingerprint density at radius 3 is 2.72 bits per heavy atom. The summed E-state index contributed by atoms with van der Waals surface area (Å²) < 4.78 is 29.5. The molecule has 0 radical (unpaired) electrons. The number of alkyl halides is 2. The molecular formula is C20H20ClF2NO. The number of aromatic nitrogens is 1. The number of unbranched alkanes of at least 4 members (excludes halogenated alkanes) is 1. The first-order valence-corrected chi connectivity index (χ1v) is 8.75. The van der Waals surface area contributed by atoms with E-state index in [4.69, 9.17) is 16.3 Å². The number of rotatable bonds is 8. The minimum Gasteiger partial charge on any atom is -0.488 e. The molecule has 1 heterocycles. The second-order valence-corrected chi connectivity index (χ2v) is 6.50. The summed E-state index contributed by atoms with van der Waals surface area (Å²) >= 11 is 6.00. The van der Waals surface area contributed by atoms with Gasteiger partial charge in [0.1, 0.15) is 12.4 Å². The first-order chi connectivity index (χ1) is 12.1. The number of nitrogens with one attached hydrogen (secondary N) is 1. The predicted octanol–water partition coefficient (Wildman–Crippen LogP) is 6.03. The molecule has 132 valence electrons. The molecule has 0 atom stereocenters. The van der Waals surface area contributed by atoms with Gasteiger partial charge in [0.25, 0.3) is 6.43 Å². The van der Waals surface area contributed by atoms with Gasteiger partial charge in [-0.05, 0) is 61.1 Å². The van der Waals surface area contributed by atoms with Gasteiger partial charge in [-0.15, -0.1) is 0 Å². The van der Waals surface area contributed by atoms with Gasteiger partial charge in [0.05, 0.1) is 0 Å². The van der Waals surface area contributed by atoms with Crippen LogP contribution in [0, 0.1) is 0 Å². The maximum absolute atomic E-state index is 12.2. The van der Waals surface area contributed by atoms with E-state index in [1.54, 1.807) is 6.07 Å². The fraction of sp³-hybridized carbons (Fsp3) is 0.300. The lowest BCUT2D eigenvalue weighted by atomic mass is 10.0. The zero-order valence-electron chi connectivity index (χ0n) is 13.8. The Kier molecular flexibility index (Phi) is 5.92. The van der Waals surface area contributed by atoms with Crippen LogP contribution >= 0.6 is 11.6 Å². The molecule has 0 amide bonds. The van der Waals surface area contributed by atoms with Crippen LogP contribution in [-0.4, -0.2) is 18.0 Å². The Balaban J connectivity index is 1.50. The highest BCUT2D eigenvalue weighted by atomic mass is 35.5. The van der Waals surface area contributed by atoms with E-state index in [1.807, 2.05) is 42.6 Å². The van der Waals surface area contributed by atoms with Crippen LogP contribution in [0.4, 0.5) is 8.78 Å². The highest BCUT2D eigenvalue weighted by molar-refractivity contribution is 6.31. The highest BCUT2D eigenvalue weighted by Crippen LogP contribution is 2.23. The number of hydrogen-bond acceptors (Lipinski definition) is 1. The summed E-state index contributed by atoms with van der Waals surface area (Å²) in [5.74, 6) is 0.506. The summed E-state index contributed by atoms with van der Waals surface area (Å²) in [6.07, 6.45) is 3.56. The van der Waals surface area contributed by atoms with E-state index in [9.17, 15) is 8.78 Å². The highest BCUT2D eigenvalue weighted by Gasteiger charge is 2.06. The van der Waals surface area contributed by atoms with Gasteiger partial charge in [-0.3, -0.25) is 0 Å². The fourth-order valence-corrected chi connectivity index (χ4v) is 3.13. The van der Waals surface area contributed by atoms with Gasteiger partial charge < -0.3 is 9.72 Å². The summed E-state index contributed by atoms with van der Waals surface area (Å²) in [7, 11) is 0. The zero-order chi connectivity index (χ0) is 17.6. The second kappa shape index (κ2) is 8.34. The number of aromatic amines is 1. The lowest BCUT2D eigenvalue weighted by molar-refractivity contribution is 0.0818. The quantitative estimate of drug-likeness (QED) is 0.485. The van der Waals surface area contributed by atoms with E-state index >= 15 is 0 Å². The molecule has 0 saturated heterocycles. The summed E-state index contributed by atoms with van der Waals surface area (Å²) in [4.78, 5) is 3.26. The van der Waals surface area contributed by atoms with E-state index in [1.165, 1.54) is 10.9 Å². The van der Waals surface area contributed by atoms with Gasteiger partial charge in [-0.1, -0.05) is 29.8 Å². The van der Waals surface area contributed by atoms with Gasteiger partial charge in [0, 0.05) is 22.1 Å². The smallest absolute Gasteiger partial charge is 0.272 e. The minimum atomic E-state index is -2.45. The van der Waals surface area contributed by atoms with E-state index in [0.717, 1.165) is 41.8 Å². The van der Waals surface area contributed by atoms with Gasteiger partial charge >= 0.3 is 0 Å². The molecule has 25 heavy (non-hydrogen) atoms. The molecule has 0 unspecified atom stereocenters. The van der Waals surface area contributed by atoms with Crippen LogP contribution in [-0.2, 0) is 12.8 Å². The summed E-state index contributed by atoms with van der Waals surface area (Å²) in [6, 6.07) is 13.3. The average molecular weight is 364 g/mol. The monoisotopic (exact) mass is 363 g/mol. The SMILES string of the molecule is FC(F)COc1cccc(CCCCc2c[nH]c3cc(Cl)ccc23)c1. The summed E-state index contributed by atoms with van der Waals surface area (Å²) in [6.45, 7) is -0.561. The van der Waals surface area contributed by atoms with E-state index in [2.05, 4.69) is 4.98 Å². The first-order valence-electron chi connectivity index (χ1n) is 8.37. The van der Waals surface area contributed by atoms with Crippen LogP contribution in [0.25, 0.3) is 10.9 Å². The molecular weight excluding hydrogens is 344 g/mol. The summed E-state index contributed by atoms with van der Waals surface area (Å²) in [5.41, 5.74) is 3.46. The normalized spacial score (nSPS) is 11.4. The molecule has 0 spiro atoms. The molecule has 0 bridgehead atoms. The topological polar surface area (TPSA) is 25.0 Å².